The Morgan fingerprint density at radius 3 is 2.81 bits per heavy atom. The van der Waals surface area contributed by atoms with Gasteiger partial charge >= 0.3 is 5.97 Å². The number of hydrogen-bond acceptors (Lipinski definition) is 2. The molecule has 0 fully saturated rings. The predicted octanol–water partition coefficient (Wildman–Crippen LogP) is 2.31. The zero-order chi connectivity index (χ0) is 14.8. The highest BCUT2D eigenvalue weighted by Crippen LogP contribution is 2.24. The number of amides is 1. The summed E-state index contributed by atoms with van der Waals surface area (Å²) in [7, 11) is 0. The first-order valence-electron chi connectivity index (χ1n) is 6.93. The van der Waals surface area contributed by atoms with E-state index in [0.717, 1.165) is 24.9 Å². The van der Waals surface area contributed by atoms with Crippen LogP contribution in [-0.4, -0.2) is 21.6 Å². The van der Waals surface area contributed by atoms with Crippen molar-refractivity contribution in [2.75, 3.05) is 5.32 Å². The van der Waals surface area contributed by atoms with Gasteiger partial charge in [0.2, 0.25) is 5.91 Å². The zero-order valence-electron chi connectivity index (χ0n) is 11.5. The Bertz CT molecular complexity index is 703. The van der Waals surface area contributed by atoms with Gasteiger partial charge in [-0.3, -0.25) is 4.79 Å². The molecule has 21 heavy (non-hydrogen) atoms. The number of aromatic carboxylic acids is 1. The summed E-state index contributed by atoms with van der Waals surface area (Å²) in [6.45, 7) is -0.00822. The number of hydrogen-bond donors (Lipinski definition) is 2. The van der Waals surface area contributed by atoms with Crippen LogP contribution in [0.15, 0.2) is 36.5 Å². The minimum atomic E-state index is -1.04. The van der Waals surface area contributed by atoms with Crippen molar-refractivity contribution in [2.24, 2.45) is 0 Å². The van der Waals surface area contributed by atoms with Gasteiger partial charge in [-0.25, -0.2) is 4.79 Å². The molecule has 0 spiro atoms. The number of aryl methyl sites for hydroxylation is 2. The topological polar surface area (TPSA) is 71.3 Å². The number of nitrogens with zero attached hydrogens (tertiary/aromatic N) is 1. The minimum absolute atomic E-state index is 0.00822. The van der Waals surface area contributed by atoms with E-state index in [1.54, 1.807) is 12.3 Å². The van der Waals surface area contributed by atoms with E-state index in [0.29, 0.717) is 0 Å². The molecule has 2 aromatic rings. The summed E-state index contributed by atoms with van der Waals surface area (Å²) >= 11 is 0. The Morgan fingerprint density at radius 2 is 2.00 bits per heavy atom. The summed E-state index contributed by atoms with van der Waals surface area (Å²) in [5.74, 6) is -1.27. The van der Waals surface area contributed by atoms with Gasteiger partial charge in [0.15, 0.2) is 0 Å². The molecule has 0 radical (unpaired) electrons. The van der Waals surface area contributed by atoms with E-state index in [4.69, 9.17) is 5.11 Å². The van der Waals surface area contributed by atoms with Crippen LogP contribution in [0.2, 0.25) is 0 Å². The first-order chi connectivity index (χ1) is 10.1. The van der Waals surface area contributed by atoms with Crippen molar-refractivity contribution in [3.8, 4) is 0 Å². The van der Waals surface area contributed by atoms with E-state index in [-0.39, 0.29) is 18.1 Å². The number of rotatable bonds is 4. The largest absolute Gasteiger partial charge is 0.477 e. The minimum Gasteiger partial charge on any atom is -0.477 e. The van der Waals surface area contributed by atoms with Gasteiger partial charge in [0, 0.05) is 11.9 Å². The molecule has 1 aliphatic rings. The second-order valence-electron chi connectivity index (χ2n) is 5.21. The van der Waals surface area contributed by atoms with Crippen molar-refractivity contribution in [1.82, 2.24) is 4.57 Å². The number of fused-ring (bicyclic) bond motifs is 1. The lowest BCUT2D eigenvalue weighted by molar-refractivity contribution is -0.116. The average molecular weight is 284 g/mol. The van der Waals surface area contributed by atoms with Crippen LogP contribution in [0.4, 0.5) is 5.69 Å². The molecule has 1 aliphatic carbocycles. The Morgan fingerprint density at radius 1 is 1.19 bits per heavy atom. The quantitative estimate of drug-likeness (QED) is 0.905. The number of anilines is 1. The van der Waals surface area contributed by atoms with E-state index >= 15 is 0 Å². The second kappa shape index (κ2) is 5.44. The number of benzene rings is 1. The smallest absolute Gasteiger partial charge is 0.352 e. The molecule has 1 aromatic heterocycles. The average Bonchev–Trinajstić information content (AvgIpc) is 3.06. The van der Waals surface area contributed by atoms with Gasteiger partial charge < -0.3 is 15.0 Å². The van der Waals surface area contributed by atoms with E-state index in [2.05, 4.69) is 11.4 Å². The molecule has 1 aromatic carbocycles. The fraction of sp³-hybridized carbons (Fsp3) is 0.250. The Hall–Kier alpha value is -2.56. The van der Waals surface area contributed by atoms with Crippen LogP contribution in [0.5, 0.6) is 0 Å². The van der Waals surface area contributed by atoms with Crippen molar-refractivity contribution in [3.63, 3.8) is 0 Å². The molecule has 3 rings (SSSR count). The molecule has 0 saturated heterocycles. The van der Waals surface area contributed by atoms with Crippen LogP contribution in [0.3, 0.4) is 0 Å². The number of aromatic nitrogens is 1. The number of carboxylic acids is 1. The molecule has 1 heterocycles. The highest BCUT2D eigenvalue weighted by atomic mass is 16.4. The predicted molar refractivity (Wildman–Crippen MR) is 78.5 cm³/mol. The second-order valence-corrected chi connectivity index (χ2v) is 5.21. The summed E-state index contributed by atoms with van der Waals surface area (Å²) in [5.41, 5.74) is 3.52. The highest BCUT2D eigenvalue weighted by molar-refractivity contribution is 5.92. The molecule has 0 bridgehead atoms. The maximum absolute atomic E-state index is 12.0. The molecule has 5 heteroatoms. The normalized spacial score (nSPS) is 13.0. The van der Waals surface area contributed by atoms with Crippen molar-refractivity contribution < 1.29 is 14.7 Å². The van der Waals surface area contributed by atoms with Crippen molar-refractivity contribution >= 4 is 17.6 Å². The van der Waals surface area contributed by atoms with Crippen LogP contribution in [0, 0.1) is 0 Å². The van der Waals surface area contributed by atoms with Crippen LogP contribution in [0.25, 0.3) is 0 Å². The third kappa shape index (κ3) is 2.81. The summed E-state index contributed by atoms with van der Waals surface area (Å²) in [6.07, 6.45) is 4.92. The van der Waals surface area contributed by atoms with Crippen LogP contribution in [-0.2, 0) is 24.2 Å². The fourth-order valence-electron chi connectivity index (χ4n) is 2.75. The van der Waals surface area contributed by atoms with Crippen LogP contribution >= 0.6 is 0 Å². The van der Waals surface area contributed by atoms with Crippen molar-refractivity contribution in [2.45, 2.75) is 25.8 Å². The number of nitrogens with one attached hydrogen (secondary N) is 1. The monoisotopic (exact) mass is 284 g/mol. The third-order valence-electron chi connectivity index (χ3n) is 3.74. The van der Waals surface area contributed by atoms with Gasteiger partial charge in [-0.2, -0.15) is 0 Å². The number of carbonyl (C=O) groups is 2. The van der Waals surface area contributed by atoms with Gasteiger partial charge in [-0.05, 0) is 54.7 Å². The van der Waals surface area contributed by atoms with Crippen molar-refractivity contribution in [3.05, 3.63) is 53.3 Å². The van der Waals surface area contributed by atoms with Crippen LogP contribution < -0.4 is 5.32 Å². The van der Waals surface area contributed by atoms with E-state index in [9.17, 15) is 9.59 Å². The van der Waals surface area contributed by atoms with Crippen molar-refractivity contribution in [1.29, 1.82) is 0 Å². The standard InChI is InChI=1S/C16H16N2O3/c19-15(10-18-8-2-5-14(18)16(20)21)17-13-7-6-11-3-1-4-12(11)9-13/h2,5-9H,1,3-4,10H2,(H,17,19)(H,20,21). The maximum atomic E-state index is 12.0. The molecule has 2 N–H and O–H groups in total. The first-order valence-corrected chi connectivity index (χ1v) is 6.93. The summed E-state index contributed by atoms with van der Waals surface area (Å²) < 4.78 is 1.42. The molecular formula is C16H16N2O3. The zero-order valence-corrected chi connectivity index (χ0v) is 11.5. The van der Waals surface area contributed by atoms with Gasteiger partial charge in [0.25, 0.3) is 0 Å². The number of carbonyl (C=O) groups excluding carboxylic acids is 1. The van der Waals surface area contributed by atoms with E-state index in [1.807, 2.05) is 12.1 Å². The molecule has 0 saturated carbocycles. The Balaban J connectivity index is 1.69. The van der Waals surface area contributed by atoms with Crippen LogP contribution in [0.1, 0.15) is 28.0 Å². The molecule has 0 aliphatic heterocycles. The summed E-state index contributed by atoms with van der Waals surface area (Å²) in [5, 5.41) is 11.8. The van der Waals surface area contributed by atoms with Gasteiger partial charge in [-0.15, -0.1) is 0 Å². The summed E-state index contributed by atoms with van der Waals surface area (Å²) in [4.78, 5) is 23.0. The molecule has 5 nitrogen and oxygen atoms in total. The molecule has 0 atom stereocenters. The van der Waals surface area contributed by atoms with Gasteiger partial charge in [0.1, 0.15) is 12.2 Å². The Labute approximate surface area is 122 Å². The SMILES string of the molecule is O=C(Cn1cccc1C(=O)O)Nc1ccc2c(c1)CCC2. The first kappa shape index (κ1) is 13.4. The maximum Gasteiger partial charge on any atom is 0.352 e. The fourth-order valence-corrected chi connectivity index (χ4v) is 2.75. The highest BCUT2D eigenvalue weighted by Gasteiger charge is 2.14. The summed E-state index contributed by atoms with van der Waals surface area (Å²) in [6, 6.07) is 9.05. The van der Waals surface area contributed by atoms with Gasteiger partial charge in [0.05, 0.1) is 0 Å². The number of carboxylic acid groups (broad SMARTS) is 1. The van der Waals surface area contributed by atoms with E-state index in [1.165, 1.54) is 21.8 Å². The molecule has 0 unspecified atom stereocenters. The third-order valence-corrected chi connectivity index (χ3v) is 3.74. The Kier molecular flexibility index (Phi) is 3.48. The lowest BCUT2D eigenvalue weighted by Gasteiger charge is -2.09. The van der Waals surface area contributed by atoms with Gasteiger partial charge in [-0.1, -0.05) is 6.07 Å². The molecule has 108 valence electrons. The van der Waals surface area contributed by atoms with E-state index < -0.39 is 5.97 Å². The lowest BCUT2D eigenvalue weighted by atomic mass is 10.1. The molecule has 1 amide bonds. The molecular weight excluding hydrogens is 268 g/mol. The lowest BCUT2D eigenvalue weighted by Crippen LogP contribution is -2.20.